The molecule has 0 aromatic heterocycles. The largest absolute Gasteiger partial charge is 0.444 e. The fraction of sp³-hybridized carbons (Fsp3) is 0.400. The van der Waals surface area contributed by atoms with Gasteiger partial charge in [-0.2, -0.15) is 0 Å². The first kappa shape index (κ1) is 33.7. The monoisotopic (exact) mass is 605 g/mol. The Balaban J connectivity index is 2.16. The summed E-state index contributed by atoms with van der Waals surface area (Å²) in [7, 11) is 0. The third-order valence-electron chi connectivity index (χ3n) is 6.93. The fourth-order valence-electron chi connectivity index (χ4n) is 5.02. The molecule has 0 heterocycles. The van der Waals surface area contributed by atoms with Crippen molar-refractivity contribution in [2.24, 2.45) is 0 Å². The Bertz CT molecular complexity index is 1440. The molecule has 3 aromatic carbocycles. The van der Waals surface area contributed by atoms with Gasteiger partial charge in [0.15, 0.2) is 0 Å². The van der Waals surface area contributed by atoms with Crippen LogP contribution in [0, 0.1) is 20.8 Å². The molecule has 3 amide bonds. The predicted molar refractivity (Wildman–Crippen MR) is 173 cm³/mol. The van der Waals surface area contributed by atoms with Crippen molar-refractivity contribution in [2.75, 3.05) is 5.32 Å². The van der Waals surface area contributed by atoms with Crippen LogP contribution in [0.1, 0.15) is 75.4 Å². The average molecular weight is 606 g/mol. The second-order valence-corrected chi connectivity index (χ2v) is 13.4. The second kappa shape index (κ2) is 13.6. The lowest BCUT2D eigenvalue weighted by Crippen LogP contribution is -2.58. The number of carbonyl (C=O) groups is 3. The third-order valence-corrected chi connectivity index (χ3v) is 7.24. The van der Waals surface area contributed by atoms with Crippen molar-refractivity contribution < 1.29 is 19.1 Å². The number of para-hydroxylation sites is 1. The zero-order valence-electron chi connectivity index (χ0n) is 26.7. The number of nitrogens with one attached hydrogen (secondary N) is 2. The molecule has 0 spiro atoms. The standard InChI is InChI=1S/C35H44ClN3O4/c1-22-18-19-26(24(3)20-22)30(31(40)38-29-23(2)14-13-17-27(29)36)39(34(4,5)6)32(41)28(21-25-15-11-10-12-16-25)37-33(42)43-35(7,8)9/h10-20,28,30H,21H2,1-9H3,(H,37,42)(H,38,40). The highest BCUT2D eigenvalue weighted by Crippen LogP contribution is 2.35. The van der Waals surface area contributed by atoms with E-state index in [4.69, 9.17) is 16.3 Å². The van der Waals surface area contributed by atoms with E-state index >= 15 is 0 Å². The Morgan fingerprint density at radius 2 is 1.51 bits per heavy atom. The summed E-state index contributed by atoms with van der Waals surface area (Å²) < 4.78 is 5.54. The van der Waals surface area contributed by atoms with E-state index in [2.05, 4.69) is 10.6 Å². The highest BCUT2D eigenvalue weighted by Gasteiger charge is 2.42. The molecule has 0 saturated heterocycles. The zero-order valence-corrected chi connectivity index (χ0v) is 27.4. The van der Waals surface area contributed by atoms with E-state index in [0.717, 1.165) is 22.3 Å². The van der Waals surface area contributed by atoms with Gasteiger partial charge in [0.25, 0.3) is 5.91 Å². The van der Waals surface area contributed by atoms with Crippen LogP contribution in [-0.2, 0) is 20.7 Å². The van der Waals surface area contributed by atoms with E-state index < -0.39 is 41.1 Å². The van der Waals surface area contributed by atoms with Crippen molar-refractivity contribution in [1.29, 1.82) is 0 Å². The number of anilines is 1. The number of halogens is 1. The molecule has 8 heteroatoms. The van der Waals surface area contributed by atoms with Gasteiger partial charge in [0, 0.05) is 12.0 Å². The summed E-state index contributed by atoms with van der Waals surface area (Å²) >= 11 is 6.50. The van der Waals surface area contributed by atoms with Crippen LogP contribution in [-0.4, -0.2) is 40.0 Å². The van der Waals surface area contributed by atoms with Crippen molar-refractivity contribution in [1.82, 2.24) is 10.2 Å². The van der Waals surface area contributed by atoms with E-state index in [1.54, 1.807) is 31.7 Å². The molecule has 43 heavy (non-hydrogen) atoms. The van der Waals surface area contributed by atoms with E-state index in [1.807, 2.05) is 102 Å². The summed E-state index contributed by atoms with van der Waals surface area (Å²) in [5.41, 5.74) is 3.10. The number of ether oxygens (including phenoxy) is 1. The minimum Gasteiger partial charge on any atom is -0.444 e. The first-order valence-electron chi connectivity index (χ1n) is 14.5. The van der Waals surface area contributed by atoms with Crippen molar-refractivity contribution >= 4 is 35.2 Å². The Labute approximate surface area is 261 Å². The molecule has 230 valence electrons. The summed E-state index contributed by atoms with van der Waals surface area (Å²) in [4.78, 5) is 43.7. The second-order valence-electron chi connectivity index (χ2n) is 13.0. The molecule has 0 aliphatic carbocycles. The maximum atomic E-state index is 14.7. The molecule has 0 aliphatic rings. The summed E-state index contributed by atoms with van der Waals surface area (Å²) in [5.74, 6) is -0.833. The SMILES string of the molecule is Cc1ccc(C(C(=O)Nc2c(C)cccc2Cl)N(C(=O)C(Cc2ccccc2)NC(=O)OC(C)(C)C)C(C)(C)C)c(C)c1. The van der Waals surface area contributed by atoms with Crippen molar-refractivity contribution in [3.8, 4) is 0 Å². The summed E-state index contributed by atoms with van der Waals surface area (Å²) in [6.45, 7) is 16.7. The number of alkyl carbamates (subject to hydrolysis) is 1. The summed E-state index contributed by atoms with van der Waals surface area (Å²) in [6.07, 6.45) is -0.508. The molecule has 2 N–H and O–H groups in total. The molecular weight excluding hydrogens is 562 g/mol. The van der Waals surface area contributed by atoms with Crippen LogP contribution < -0.4 is 10.6 Å². The van der Waals surface area contributed by atoms with Gasteiger partial charge in [-0.25, -0.2) is 4.79 Å². The van der Waals surface area contributed by atoms with Gasteiger partial charge in [0.05, 0.1) is 10.7 Å². The van der Waals surface area contributed by atoms with Crippen molar-refractivity contribution in [3.05, 3.63) is 99.6 Å². The van der Waals surface area contributed by atoms with Gasteiger partial charge in [0.2, 0.25) is 5.91 Å². The Kier molecular flexibility index (Phi) is 10.7. The number of rotatable bonds is 8. The average Bonchev–Trinajstić information content (AvgIpc) is 2.88. The van der Waals surface area contributed by atoms with Gasteiger partial charge in [-0.1, -0.05) is 77.8 Å². The van der Waals surface area contributed by atoms with Crippen LogP contribution in [0.5, 0.6) is 0 Å². The lowest BCUT2D eigenvalue weighted by atomic mass is 9.91. The van der Waals surface area contributed by atoms with Gasteiger partial charge in [-0.15, -0.1) is 0 Å². The molecule has 0 bridgehead atoms. The number of amides is 3. The number of nitrogens with zero attached hydrogens (tertiary/aromatic N) is 1. The number of benzene rings is 3. The van der Waals surface area contributed by atoms with E-state index in [-0.39, 0.29) is 6.42 Å². The number of aryl methyl sites for hydroxylation is 3. The van der Waals surface area contributed by atoms with Crippen molar-refractivity contribution in [2.45, 2.75) is 92.0 Å². The lowest BCUT2D eigenvalue weighted by Gasteiger charge is -2.43. The molecular formula is C35H44ClN3O4. The smallest absolute Gasteiger partial charge is 0.408 e. The molecule has 7 nitrogen and oxygen atoms in total. The number of hydrogen-bond acceptors (Lipinski definition) is 4. The molecule has 0 fully saturated rings. The van der Waals surface area contributed by atoms with E-state index in [9.17, 15) is 14.4 Å². The molecule has 0 saturated carbocycles. The minimum absolute atomic E-state index is 0.205. The molecule has 3 rings (SSSR count). The molecule has 2 atom stereocenters. The van der Waals surface area contributed by atoms with Gasteiger partial charge in [-0.05, 0) is 90.6 Å². The Morgan fingerprint density at radius 1 is 0.860 bits per heavy atom. The van der Waals surface area contributed by atoms with Crippen LogP contribution in [0.3, 0.4) is 0 Å². The van der Waals surface area contributed by atoms with Crippen LogP contribution in [0.2, 0.25) is 5.02 Å². The minimum atomic E-state index is -1.04. The van der Waals surface area contributed by atoms with Gasteiger partial charge in [-0.3, -0.25) is 9.59 Å². The quantitative estimate of drug-likeness (QED) is 0.275. The normalized spacial score (nSPS) is 13.1. The van der Waals surface area contributed by atoms with Crippen molar-refractivity contribution in [3.63, 3.8) is 0 Å². The van der Waals surface area contributed by atoms with Crippen LogP contribution >= 0.6 is 11.6 Å². The lowest BCUT2D eigenvalue weighted by molar-refractivity contribution is -0.146. The third kappa shape index (κ3) is 9.07. The number of carbonyl (C=O) groups excluding carboxylic acids is 3. The van der Waals surface area contributed by atoms with E-state index in [1.165, 1.54) is 0 Å². The van der Waals surface area contributed by atoms with Crippen LogP contribution in [0.15, 0.2) is 66.7 Å². The topological polar surface area (TPSA) is 87.7 Å². The first-order chi connectivity index (χ1) is 20.0. The predicted octanol–water partition coefficient (Wildman–Crippen LogP) is 7.71. The summed E-state index contributed by atoms with van der Waals surface area (Å²) in [6, 6.07) is 18.6. The van der Waals surface area contributed by atoms with Gasteiger partial charge in [0.1, 0.15) is 17.7 Å². The summed E-state index contributed by atoms with van der Waals surface area (Å²) in [5, 5.41) is 6.21. The fourth-order valence-corrected chi connectivity index (χ4v) is 5.29. The van der Waals surface area contributed by atoms with E-state index in [0.29, 0.717) is 16.3 Å². The van der Waals surface area contributed by atoms with Crippen LogP contribution in [0.25, 0.3) is 0 Å². The molecule has 0 radical (unpaired) electrons. The number of hydrogen-bond donors (Lipinski definition) is 2. The first-order valence-corrected chi connectivity index (χ1v) is 14.9. The highest BCUT2D eigenvalue weighted by molar-refractivity contribution is 6.34. The maximum Gasteiger partial charge on any atom is 0.408 e. The Morgan fingerprint density at radius 3 is 2.07 bits per heavy atom. The highest BCUT2D eigenvalue weighted by atomic mass is 35.5. The Hall–Kier alpha value is -3.84. The molecule has 3 aromatic rings. The van der Waals surface area contributed by atoms with Gasteiger partial charge >= 0.3 is 6.09 Å². The molecule has 2 unspecified atom stereocenters. The molecule has 0 aliphatic heterocycles. The maximum absolute atomic E-state index is 14.7. The zero-order chi connectivity index (χ0) is 32.1. The van der Waals surface area contributed by atoms with Gasteiger partial charge < -0.3 is 20.3 Å². The van der Waals surface area contributed by atoms with Crippen LogP contribution in [0.4, 0.5) is 10.5 Å².